The van der Waals surface area contributed by atoms with Crippen LogP contribution in [0.2, 0.25) is 0 Å². The summed E-state index contributed by atoms with van der Waals surface area (Å²) in [4.78, 5) is 6.54. The van der Waals surface area contributed by atoms with Gasteiger partial charge in [-0.3, -0.25) is 5.32 Å². The van der Waals surface area contributed by atoms with E-state index in [-0.39, 0.29) is 17.0 Å². The minimum absolute atomic E-state index is 0.108. The molecule has 24 heavy (non-hydrogen) atoms. The Morgan fingerprint density at radius 2 is 1.79 bits per heavy atom. The fourth-order valence-corrected chi connectivity index (χ4v) is 3.81. The summed E-state index contributed by atoms with van der Waals surface area (Å²) < 4.78 is 6.29. The standard InChI is InChI=1S/C20H32N2O2/c1-14(2)16-13-23-20(21-16)19(6,7)17(15-11-9-8-10-12-15)22(24-20)18(3,4)5/h8-12,14,16-17,21H,13H2,1-7H3/t16-,17+,20+/m1/s1. The van der Waals surface area contributed by atoms with E-state index in [1.807, 2.05) is 0 Å². The van der Waals surface area contributed by atoms with Crippen molar-refractivity contribution >= 4 is 0 Å². The van der Waals surface area contributed by atoms with Gasteiger partial charge in [0.1, 0.15) is 0 Å². The van der Waals surface area contributed by atoms with Crippen LogP contribution in [0.4, 0.5) is 0 Å². The molecule has 0 saturated carbocycles. The van der Waals surface area contributed by atoms with Gasteiger partial charge in [-0.05, 0) is 32.3 Å². The minimum atomic E-state index is -0.782. The number of rotatable bonds is 2. The Balaban J connectivity index is 2.04. The fourth-order valence-electron chi connectivity index (χ4n) is 3.81. The predicted octanol–water partition coefficient (Wildman–Crippen LogP) is 4.10. The van der Waals surface area contributed by atoms with Gasteiger partial charge < -0.3 is 4.74 Å². The van der Waals surface area contributed by atoms with Crippen molar-refractivity contribution < 1.29 is 9.57 Å². The number of nitrogens with zero attached hydrogens (tertiary/aromatic N) is 1. The van der Waals surface area contributed by atoms with Gasteiger partial charge in [0.05, 0.1) is 18.1 Å². The second-order valence-corrected chi connectivity index (χ2v) is 9.05. The summed E-state index contributed by atoms with van der Waals surface area (Å²) in [5.41, 5.74) is 0.876. The lowest BCUT2D eigenvalue weighted by molar-refractivity contribution is -0.334. The van der Waals surface area contributed by atoms with Crippen molar-refractivity contribution in [2.75, 3.05) is 6.61 Å². The van der Waals surface area contributed by atoms with E-state index >= 15 is 0 Å². The highest BCUT2D eigenvalue weighted by Crippen LogP contribution is 2.57. The van der Waals surface area contributed by atoms with Crippen molar-refractivity contribution in [3.05, 3.63) is 35.9 Å². The molecular weight excluding hydrogens is 300 g/mol. The van der Waals surface area contributed by atoms with Gasteiger partial charge in [-0.15, -0.1) is 0 Å². The third-order valence-electron chi connectivity index (χ3n) is 5.42. The van der Waals surface area contributed by atoms with E-state index in [1.165, 1.54) is 5.56 Å². The van der Waals surface area contributed by atoms with Crippen molar-refractivity contribution in [1.82, 2.24) is 10.4 Å². The zero-order chi connectivity index (χ0) is 17.8. The average Bonchev–Trinajstić information content (AvgIpc) is 3.01. The van der Waals surface area contributed by atoms with Crippen LogP contribution >= 0.6 is 0 Å². The van der Waals surface area contributed by atoms with Gasteiger partial charge >= 0.3 is 0 Å². The largest absolute Gasteiger partial charge is 0.334 e. The highest BCUT2D eigenvalue weighted by atomic mass is 16.8. The number of nitrogens with one attached hydrogen (secondary N) is 1. The Morgan fingerprint density at radius 1 is 1.17 bits per heavy atom. The molecule has 0 unspecified atom stereocenters. The molecule has 2 heterocycles. The number of hydroxylamine groups is 2. The van der Waals surface area contributed by atoms with Gasteiger partial charge in [0, 0.05) is 11.6 Å². The van der Waals surface area contributed by atoms with Crippen molar-refractivity contribution in [3.8, 4) is 0 Å². The second kappa shape index (κ2) is 5.80. The third kappa shape index (κ3) is 2.70. The molecule has 2 aliphatic rings. The zero-order valence-corrected chi connectivity index (χ0v) is 16.1. The van der Waals surface area contributed by atoms with Crippen LogP contribution < -0.4 is 5.32 Å². The van der Waals surface area contributed by atoms with Gasteiger partial charge in [-0.1, -0.05) is 58.0 Å². The van der Waals surface area contributed by atoms with E-state index in [4.69, 9.17) is 9.57 Å². The first-order valence-corrected chi connectivity index (χ1v) is 9.03. The summed E-state index contributed by atoms with van der Waals surface area (Å²) in [6, 6.07) is 11.0. The number of ether oxygens (including phenoxy) is 1. The molecule has 4 heteroatoms. The first-order valence-electron chi connectivity index (χ1n) is 9.03. The Kier molecular flexibility index (Phi) is 4.32. The molecule has 0 bridgehead atoms. The first-order chi connectivity index (χ1) is 11.1. The smallest absolute Gasteiger partial charge is 0.253 e. The predicted molar refractivity (Wildman–Crippen MR) is 96.1 cm³/mol. The minimum Gasteiger partial charge on any atom is -0.334 e. The van der Waals surface area contributed by atoms with Crippen LogP contribution in [0.1, 0.15) is 60.1 Å². The van der Waals surface area contributed by atoms with Gasteiger partial charge in [-0.25, -0.2) is 4.84 Å². The van der Waals surface area contributed by atoms with E-state index in [0.29, 0.717) is 18.6 Å². The molecule has 4 nitrogen and oxygen atoms in total. The molecule has 1 spiro atoms. The van der Waals surface area contributed by atoms with Crippen LogP contribution in [0.3, 0.4) is 0 Å². The molecule has 0 aromatic heterocycles. The van der Waals surface area contributed by atoms with E-state index in [9.17, 15) is 0 Å². The van der Waals surface area contributed by atoms with Crippen LogP contribution in [0.15, 0.2) is 30.3 Å². The third-order valence-corrected chi connectivity index (χ3v) is 5.42. The molecule has 134 valence electrons. The summed E-state index contributed by atoms with van der Waals surface area (Å²) in [6.07, 6.45) is 0. The summed E-state index contributed by atoms with van der Waals surface area (Å²) in [6.45, 7) is 16.2. The normalized spacial score (nSPS) is 33.7. The molecule has 1 N–H and O–H groups in total. The maximum absolute atomic E-state index is 6.54. The van der Waals surface area contributed by atoms with Crippen molar-refractivity contribution in [2.24, 2.45) is 11.3 Å². The molecule has 0 amide bonds. The monoisotopic (exact) mass is 332 g/mol. The summed E-state index contributed by atoms with van der Waals surface area (Å²) in [7, 11) is 0. The van der Waals surface area contributed by atoms with E-state index < -0.39 is 5.91 Å². The Hall–Kier alpha value is -0.940. The van der Waals surface area contributed by atoms with Gasteiger partial charge in [0.15, 0.2) is 0 Å². The van der Waals surface area contributed by atoms with Crippen LogP contribution in [0.5, 0.6) is 0 Å². The highest BCUT2D eigenvalue weighted by Gasteiger charge is 2.66. The molecule has 0 radical (unpaired) electrons. The molecule has 3 atom stereocenters. The summed E-state index contributed by atoms with van der Waals surface area (Å²) in [5, 5.41) is 5.79. The maximum atomic E-state index is 6.54. The molecule has 3 rings (SSSR count). The Morgan fingerprint density at radius 3 is 2.29 bits per heavy atom. The lowest BCUT2D eigenvalue weighted by atomic mass is 9.77. The topological polar surface area (TPSA) is 33.7 Å². The van der Waals surface area contributed by atoms with Gasteiger partial charge in [-0.2, -0.15) is 5.06 Å². The van der Waals surface area contributed by atoms with Crippen molar-refractivity contribution in [1.29, 1.82) is 0 Å². The Bertz CT molecular complexity index is 579. The molecular formula is C20H32N2O2. The van der Waals surface area contributed by atoms with Crippen molar-refractivity contribution in [3.63, 3.8) is 0 Å². The molecule has 2 saturated heterocycles. The number of hydrogen-bond acceptors (Lipinski definition) is 4. The SMILES string of the molecule is CC(C)[C@H]1CO[C@]2(N1)ON(C(C)(C)C)[C@@H](c1ccccc1)C2(C)C. The van der Waals surface area contributed by atoms with Crippen LogP contribution in [0.25, 0.3) is 0 Å². The van der Waals surface area contributed by atoms with E-state index in [0.717, 1.165) is 0 Å². The molecule has 1 aromatic carbocycles. The average molecular weight is 332 g/mol. The lowest BCUT2D eigenvalue weighted by Crippen LogP contribution is -2.55. The Labute approximate surface area is 146 Å². The highest BCUT2D eigenvalue weighted by molar-refractivity contribution is 5.24. The van der Waals surface area contributed by atoms with Crippen LogP contribution in [-0.4, -0.2) is 29.2 Å². The first kappa shape index (κ1) is 17.9. The lowest BCUT2D eigenvalue weighted by Gasteiger charge is -2.38. The van der Waals surface area contributed by atoms with Gasteiger partial charge in [0.2, 0.25) is 0 Å². The molecule has 2 fully saturated rings. The van der Waals surface area contributed by atoms with Gasteiger partial charge in [0.25, 0.3) is 5.91 Å². The van der Waals surface area contributed by atoms with Crippen LogP contribution in [-0.2, 0) is 9.57 Å². The number of hydrogen-bond donors (Lipinski definition) is 1. The van der Waals surface area contributed by atoms with E-state index in [1.54, 1.807) is 0 Å². The van der Waals surface area contributed by atoms with E-state index in [2.05, 4.69) is 89.2 Å². The van der Waals surface area contributed by atoms with Crippen LogP contribution in [0, 0.1) is 11.3 Å². The maximum Gasteiger partial charge on any atom is 0.253 e. The molecule has 0 aliphatic carbocycles. The zero-order valence-electron chi connectivity index (χ0n) is 16.1. The molecule has 2 aliphatic heterocycles. The fraction of sp³-hybridized carbons (Fsp3) is 0.700. The molecule has 1 aromatic rings. The summed E-state index contributed by atoms with van der Waals surface area (Å²) >= 11 is 0. The van der Waals surface area contributed by atoms with Crippen molar-refractivity contribution in [2.45, 2.75) is 72.0 Å². The number of benzene rings is 1. The second-order valence-electron chi connectivity index (χ2n) is 9.05. The summed E-state index contributed by atoms with van der Waals surface area (Å²) in [5.74, 6) is -0.280. The quantitative estimate of drug-likeness (QED) is 0.884.